The second-order valence-electron chi connectivity index (χ2n) is 4.86. The number of benzene rings is 1. The van der Waals surface area contributed by atoms with Gasteiger partial charge in [-0.1, -0.05) is 47.8 Å². The Morgan fingerprint density at radius 3 is 1.52 bits per heavy atom. The zero-order valence-electron chi connectivity index (χ0n) is 13.3. The number of hydrogen-bond donors (Lipinski definition) is 0. The van der Waals surface area contributed by atoms with E-state index in [0.29, 0.717) is 0 Å². The Kier molecular flexibility index (Phi) is 7.49. The minimum atomic E-state index is 0. The second-order valence-corrected chi connectivity index (χ2v) is 4.86. The molecule has 0 amide bonds. The van der Waals surface area contributed by atoms with Gasteiger partial charge in [0, 0.05) is 23.8 Å². The number of rotatable bonds is 2. The molecule has 124 valence electrons. The van der Waals surface area contributed by atoms with Crippen LogP contribution in [0.15, 0.2) is 91.5 Å². The molecule has 4 aromatic rings. The topological polar surface area (TPSA) is 38.7 Å². The minimum absolute atomic E-state index is 0. The molecule has 0 radical (unpaired) electrons. The van der Waals surface area contributed by atoms with Crippen molar-refractivity contribution in [1.82, 2.24) is 15.0 Å². The Balaban J connectivity index is 0.000000275. The van der Waals surface area contributed by atoms with Gasteiger partial charge < -0.3 is 4.98 Å². The first-order chi connectivity index (χ1) is 11.9. The molecule has 1 aromatic carbocycles. The summed E-state index contributed by atoms with van der Waals surface area (Å²) in [6.07, 6.45) is 6.97. The van der Waals surface area contributed by atoms with Crippen molar-refractivity contribution < 1.29 is 16.5 Å². The third kappa shape index (κ3) is 5.63. The number of nitrogens with zero attached hydrogens (tertiary/aromatic N) is 3. The minimum Gasteiger partial charge on any atom is -0.391 e. The molecule has 4 heteroatoms. The quantitative estimate of drug-likeness (QED) is 0.387. The molecule has 0 atom stereocenters. The fourth-order valence-corrected chi connectivity index (χ4v) is 2.09. The summed E-state index contributed by atoms with van der Waals surface area (Å²) in [6.45, 7) is 0. The van der Waals surface area contributed by atoms with E-state index < -0.39 is 0 Å². The monoisotopic (exact) mass is 367 g/mol. The van der Waals surface area contributed by atoms with E-state index in [1.807, 2.05) is 54.6 Å². The van der Waals surface area contributed by atoms with Gasteiger partial charge in [0.15, 0.2) is 0 Å². The number of aromatic nitrogens is 3. The standard InChI is InChI=1S/C16H11N2.C5H4N.Ni/c1-3-10-17-15(8-1)13-6-5-7-14(12-13)16-9-2-4-11-18-16;1-2-4-6-5-3-1;/h1-11H;2-5H;/q2*-1;+2. The van der Waals surface area contributed by atoms with Gasteiger partial charge in [-0.3, -0.25) is 9.97 Å². The summed E-state index contributed by atoms with van der Waals surface area (Å²) >= 11 is 0. The molecular formula is C21H15N3Ni. The van der Waals surface area contributed by atoms with Crippen LogP contribution in [-0.2, 0) is 16.5 Å². The predicted molar refractivity (Wildman–Crippen MR) is 94.8 cm³/mol. The summed E-state index contributed by atoms with van der Waals surface area (Å²) in [5.74, 6) is 0. The zero-order chi connectivity index (χ0) is 16.5. The molecule has 3 aromatic heterocycles. The zero-order valence-corrected chi connectivity index (χ0v) is 14.3. The van der Waals surface area contributed by atoms with Crippen LogP contribution in [0.4, 0.5) is 0 Å². The maximum atomic E-state index is 4.33. The summed E-state index contributed by atoms with van der Waals surface area (Å²) in [7, 11) is 0. The van der Waals surface area contributed by atoms with Crippen molar-refractivity contribution in [1.29, 1.82) is 0 Å². The average molecular weight is 368 g/mol. The van der Waals surface area contributed by atoms with Crippen LogP contribution in [-0.4, -0.2) is 15.0 Å². The Hall–Kier alpha value is -2.84. The maximum Gasteiger partial charge on any atom is 2.00 e. The summed E-state index contributed by atoms with van der Waals surface area (Å²) in [5.41, 5.74) is 3.82. The third-order valence-corrected chi connectivity index (χ3v) is 3.19. The molecule has 3 nitrogen and oxygen atoms in total. The van der Waals surface area contributed by atoms with Crippen molar-refractivity contribution in [3.05, 3.63) is 104 Å². The normalized spacial score (nSPS) is 9.28. The molecule has 0 bridgehead atoms. The van der Waals surface area contributed by atoms with Crippen LogP contribution in [0.2, 0.25) is 0 Å². The van der Waals surface area contributed by atoms with Gasteiger partial charge in [0.1, 0.15) is 0 Å². The molecule has 0 fully saturated rings. The molecule has 0 aliphatic carbocycles. The summed E-state index contributed by atoms with van der Waals surface area (Å²) in [6, 6.07) is 27.5. The largest absolute Gasteiger partial charge is 2.00 e. The van der Waals surface area contributed by atoms with Crippen LogP contribution in [0, 0.1) is 12.1 Å². The molecular weight excluding hydrogens is 353 g/mol. The molecule has 25 heavy (non-hydrogen) atoms. The van der Waals surface area contributed by atoms with Crippen LogP contribution in [0.25, 0.3) is 22.5 Å². The number of hydrogen-bond acceptors (Lipinski definition) is 3. The van der Waals surface area contributed by atoms with Crippen molar-refractivity contribution in [3.8, 4) is 22.5 Å². The summed E-state index contributed by atoms with van der Waals surface area (Å²) in [5, 5.41) is 0. The SMILES string of the molecule is [Ni+2].[c-]1c(-c2ccccn2)cccc1-c1ccccn1.[c-]1ccncc1. The fraction of sp³-hybridized carbons (Fsp3) is 0. The van der Waals surface area contributed by atoms with Gasteiger partial charge >= 0.3 is 16.5 Å². The summed E-state index contributed by atoms with van der Waals surface area (Å²) < 4.78 is 0. The third-order valence-electron chi connectivity index (χ3n) is 3.19. The van der Waals surface area contributed by atoms with Crippen molar-refractivity contribution in [3.63, 3.8) is 0 Å². The van der Waals surface area contributed by atoms with Crippen LogP contribution < -0.4 is 0 Å². The van der Waals surface area contributed by atoms with Gasteiger partial charge in [-0.2, -0.15) is 18.2 Å². The van der Waals surface area contributed by atoms with Gasteiger partial charge in [-0.15, -0.1) is 24.3 Å². The van der Waals surface area contributed by atoms with E-state index in [9.17, 15) is 0 Å². The van der Waals surface area contributed by atoms with Gasteiger partial charge in [-0.05, 0) is 12.1 Å². The van der Waals surface area contributed by atoms with E-state index in [0.717, 1.165) is 22.5 Å². The van der Waals surface area contributed by atoms with Crippen LogP contribution in [0.5, 0.6) is 0 Å². The smallest absolute Gasteiger partial charge is 0.391 e. The molecule has 0 aliphatic rings. The average Bonchev–Trinajstić information content (AvgIpc) is 2.71. The Labute approximate surface area is 157 Å². The number of pyridine rings is 3. The Bertz CT molecular complexity index is 772. The Morgan fingerprint density at radius 2 is 1.16 bits per heavy atom. The van der Waals surface area contributed by atoms with Gasteiger partial charge in [0.25, 0.3) is 0 Å². The van der Waals surface area contributed by atoms with Gasteiger partial charge in [-0.25, -0.2) is 0 Å². The molecule has 0 unspecified atom stereocenters. The fourth-order valence-electron chi connectivity index (χ4n) is 2.09. The maximum absolute atomic E-state index is 4.33. The van der Waals surface area contributed by atoms with Gasteiger partial charge in [0.2, 0.25) is 0 Å². The van der Waals surface area contributed by atoms with Gasteiger partial charge in [0.05, 0.1) is 0 Å². The molecule has 3 heterocycles. The van der Waals surface area contributed by atoms with E-state index in [4.69, 9.17) is 0 Å². The first-order valence-corrected chi connectivity index (χ1v) is 7.55. The molecule has 0 spiro atoms. The first kappa shape index (κ1) is 18.5. The van der Waals surface area contributed by atoms with Crippen LogP contribution >= 0.6 is 0 Å². The molecule has 0 N–H and O–H groups in total. The van der Waals surface area contributed by atoms with E-state index in [1.165, 1.54) is 0 Å². The van der Waals surface area contributed by atoms with Crippen LogP contribution in [0.3, 0.4) is 0 Å². The van der Waals surface area contributed by atoms with Crippen LogP contribution in [0.1, 0.15) is 0 Å². The molecule has 4 rings (SSSR count). The van der Waals surface area contributed by atoms with Crippen molar-refractivity contribution in [2.24, 2.45) is 0 Å². The molecule has 0 saturated carbocycles. The van der Waals surface area contributed by atoms with Crippen molar-refractivity contribution in [2.45, 2.75) is 0 Å². The van der Waals surface area contributed by atoms with Crippen molar-refractivity contribution >= 4 is 0 Å². The first-order valence-electron chi connectivity index (χ1n) is 7.55. The van der Waals surface area contributed by atoms with E-state index >= 15 is 0 Å². The predicted octanol–water partition coefficient (Wildman–Crippen LogP) is 4.49. The summed E-state index contributed by atoms with van der Waals surface area (Å²) in [4.78, 5) is 12.4. The van der Waals surface area contributed by atoms with Crippen molar-refractivity contribution in [2.75, 3.05) is 0 Å². The molecule has 0 aliphatic heterocycles. The molecule has 0 saturated heterocycles. The second kappa shape index (κ2) is 10.1. The van der Waals surface area contributed by atoms with E-state index in [2.05, 4.69) is 27.1 Å². The van der Waals surface area contributed by atoms with E-state index in [1.54, 1.807) is 36.9 Å². The Morgan fingerprint density at radius 1 is 0.600 bits per heavy atom. The van der Waals surface area contributed by atoms with E-state index in [-0.39, 0.29) is 16.5 Å².